The summed E-state index contributed by atoms with van der Waals surface area (Å²) in [5, 5.41) is 4.54. The quantitative estimate of drug-likeness (QED) is 0.811. The van der Waals surface area contributed by atoms with Gasteiger partial charge < -0.3 is 10.2 Å². The van der Waals surface area contributed by atoms with Crippen molar-refractivity contribution in [2.45, 2.75) is 53.6 Å². The molecule has 0 saturated heterocycles. The fourth-order valence-electron chi connectivity index (χ4n) is 1.79. The molecule has 17 heavy (non-hydrogen) atoms. The Bertz CT molecular complexity index is 335. The topological polar surface area (TPSA) is 28.2 Å². The highest BCUT2D eigenvalue weighted by atomic mass is 32.1. The Morgan fingerprint density at radius 3 is 2.59 bits per heavy atom. The molecule has 98 valence electrons. The molecule has 0 saturated carbocycles. The van der Waals surface area contributed by atoms with Gasteiger partial charge in [0.2, 0.25) is 0 Å². The van der Waals surface area contributed by atoms with Crippen LogP contribution in [0, 0.1) is 6.92 Å². The monoisotopic (exact) mass is 255 g/mol. The van der Waals surface area contributed by atoms with Crippen molar-refractivity contribution in [1.82, 2.24) is 10.3 Å². The second-order valence-electron chi connectivity index (χ2n) is 4.33. The Kier molecular flexibility index (Phi) is 5.92. The van der Waals surface area contributed by atoms with Crippen LogP contribution in [0.1, 0.15) is 44.7 Å². The van der Waals surface area contributed by atoms with Gasteiger partial charge in [-0.2, -0.15) is 0 Å². The Morgan fingerprint density at radius 2 is 2.06 bits per heavy atom. The van der Waals surface area contributed by atoms with Crippen molar-refractivity contribution in [3.8, 4) is 0 Å². The Morgan fingerprint density at radius 1 is 1.35 bits per heavy atom. The number of hydrogen-bond donors (Lipinski definition) is 1. The number of rotatable bonds is 7. The van der Waals surface area contributed by atoms with Crippen LogP contribution in [-0.4, -0.2) is 24.1 Å². The molecule has 0 radical (unpaired) electrons. The van der Waals surface area contributed by atoms with Gasteiger partial charge in [0.25, 0.3) is 0 Å². The summed E-state index contributed by atoms with van der Waals surface area (Å²) in [7, 11) is 0. The summed E-state index contributed by atoms with van der Waals surface area (Å²) in [6, 6.07) is 0.567. The molecular weight excluding hydrogens is 230 g/mol. The van der Waals surface area contributed by atoms with Crippen molar-refractivity contribution in [2.75, 3.05) is 18.0 Å². The van der Waals surface area contributed by atoms with Crippen LogP contribution in [0.5, 0.6) is 0 Å². The molecule has 1 unspecified atom stereocenters. The molecule has 1 heterocycles. The van der Waals surface area contributed by atoms with Crippen LogP contribution in [0.15, 0.2) is 0 Å². The molecule has 3 nitrogen and oxygen atoms in total. The lowest BCUT2D eigenvalue weighted by molar-refractivity contribution is 0.628. The highest BCUT2D eigenvalue weighted by Crippen LogP contribution is 2.27. The molecule has 0 aliphatic heterocycles. The molecule has 0 fully saturated rings. The summed E-state index contributed by atoms with van der Waals surface area (Å²) in [5.41, 5.74) is 1.17. The van der Waals surface area contributed by atoms with E-state index >= 15 is 0 Å². The molecule has 1 atom stereocenters. The maximum absolute atomic E-state index is 4.71. The Labute approximate surface area is 109 Å². The van der Waals surface area contributed by atoms with E-state index in [9.17, 15) is 0 Å². The average Bonchev–Trinajstić information content (AvgIpc) is 2.68. The highest BCUT2D eigenvalue weighted by molar-refractivity contribution is 7.15. The lowest BCUT2D eigenvalue weighted by Crippen LogP contribution is -2.32. The van der Waals surface area contributed by atoms with E-state index in [1.54, 1.807) is 0 Å². The smallest absolute Gasteiger partial charge is 0.186 e. The summed E-state index contributed by atoms with van der Waals surface area (Å²) in [4.78, 5) is 8.47. The molecular formula is C13H25N3S. The van der Waals surface area contributed by atoms with Crippen molar-refractivity contribution in [2.24, 2.45) is 0 Å². The minimum absolute atomic E-state index is 0.567. The fraction of sp³-hybridized carbons (Fsp3) is 0.769. The van der Waals surface area contributed by atoms with E-state index in [4.69, 9.17) is 4.98 Å². The predicted molar refractivity (Wildman–Crippen MR) is 77.0 cm³/mol. The first-order valence-corrected chi connectivity index (χ1v) is 7.39. The van der Waals surface area contributed by atoms with Crippen molar-refractivity contribution in [3.05, 3.63) is 10.6 Å². The Hall–Kier alpha value is -0.610. The van der Waals surface area contributed by atoms with E-state index in [1.807, 2.05) is 11.3 Å². The minimum Gasteiger partial charge on any atom is -0.346 e. The van der Waals surface area contributed by atoms with E-state index in [0.717, 1.165) is 26.1 Å². The predicted octanol–water partition coefficient (Wildman–Crippen LogP) is 3.19. The van der Waals surface area contributed by atoms with Gasteiger partial charge in [-0.1, -0.05) is 13.8 Å². The van der Waals surface area contributed by atoms with Crippen molar-refractivity contribution >= 4 is 16.5 Å². The summed E-state index contributed by atoms with van der Waals surface area (Å²) >= 11 is 1.83. The van der Waals surface area contributed by atoms with Gasteiger partial charge in [0, 0.05) is 24.0 Å². The van der Waals surface area contributed by atoms with Gasteiger partial charge in [0.05, 0.1) is 5.69 Å². The van der Waals surface area contributed by atoms with E-state index in [0.29, 0.717) is 6.04 Å². The molecule has 1 rings (SSSR count). The van der Waals surface area contributed by atoms with Crippen molar-refractivity contribution in [3.63, 3.8) is 0 Å². The van der Waals surface area contributed by atoms with Crippen LogP contribution in [0.4, 0.5) is 5.13 Å². The Balaban J connectivity index is 2.82. The highest BCUT2D eigenvalue weighted by Gasteiger charge is 2.16. The molecule has 0 aliphatic rings. The maximum atomic E-state index is 4.71. The van der Waals surface area contributed by atoms with E-state index < -0.39 is 0 Å². The molecule has 0 aromatic carbocycles. The van der Waals surface area contributed by atoms with Crippen LogP contribution < -0.4 is 10.2 Å². The van der Waals surface area contributed by atoms with Crippen LogP contribution in [0.25, 0.3) is 0 Å². The standard InChI is InChI=1S/C13H25N3S/c1-6-10(4)16(8-3)13-15-11(5)12(17-13)9-14-7-2/h10,14H,6-9H2,1-5H3. The minimum atomic E-state index is 0.567. The maximum Gasteiger partial charge on any atom is 0.186 e. The van der Waals surface area contributed by atoms with Gasteiger partial charge in [-0.05, 0) is 33.7 Å². The molecule has 0 bridgehead atoms. The van der Waals surface area contributed by atoms with Gasteiger partial charge in [-0.3, -0.25) is 0 Å². The summed E-state index contributed by atoms with van der Waals surface area (Å²) in [6.07, 6.45) is 1.16. The first-order chi connectivity index (χ1) is 8.13. The number of thiazole rings is 1. The molecule has 1 aromatic rings. The number of aromatic nitrogens is 1. The van der Waals surface area contributed by atoms with Gasteiger partial charge in [-0.25, -0.2) is 4.98 Å². The number of aryl methyl sites for hydroxylation is 1. The zero-order chi connectivity index (χ0) is 12.8. The molecule has 1 N–H and O–H groups in total. The van der Waals surface area contributed by atoms with Crippen molar-refractivity contribution < 1.29 is 0 Å². The van der Waals surface area contributed by atoms with Crippen LogP contribution in [0.2, 0.25) is 0 Å². The van der Waals surface area contributed by atoms with Gasteiger partial charge in [0.15, 0.2) is 5.13 Å². The van der Waals surface area contributed by atoms with Crippen molar-refractivity contribution in [1.29, 1.82) is 0 Å². The van der Waals surface area contributed by atoms with Gasteiger partial charge in [0.1, 0.15) is 0 Å². The van der Waals surface area contributed by atoms with Crippen LogP contribution in [0.3, 0.4) is 0 Å². The lowest BCUT2D eigenvalue weighted by Gasteiger charge is -2.26. The fourth-order valence-corrected chi connectivity index (χ4v) is 2.99. The summed E-state index contributed by atoms with van der Waals surface area (Å²) in [5.74, 6) is 0. The molecule has 4 heteroatoms. The number of nitrogens with zero attached hydrogens (tertiary/aromatic N) is 2. The van der Waals surface area contributed by atoms with E-state index in [2.05, 4.69) is 44.8 Å². The SMILES string of the molecule is CCNCc1sc(N(CC)C(C)CC)nc1C. The zero-order valence-electron chi connectivity index (χ0n) is 11.7. The first kappa shape index (κ1) is 14.5. The number of nitrogens with one attached hydrogen (secondary N) is 1. The third-order valence-corrected chi connectivity index (χ3v) is 4.32. The second-order valence-corrected chi connectivity index (χ2v) is 5.39. The van der Waals surface area contributed by atoms with E-state index in [1.165, 1.54) is 15.7 Å². The van der Waals surface area contributed by atoms with Gasteiger partial charge >= 0.3 is 0 Å². The van der Waals surface area contributed by atoms with Gasteiger partial charge in [-0.15, -0.1) is 11.3 Å². The number of anilines is 1. The first-order valence-electron chi connectivity index (χ1n) is 6.57. The van der Waals surface area contributed by atoms with E-state index in [-0.39, 0.29) is 0 Å². The average molecular weight is 255 g/mol. The molecule has 0 aliphatic carbocycles. The summed E-state index contributed by atoms with van der Waals surface area (Å²) in [6.45, 7) is 13.9. The lowest BCUT2D eigenvalue weighted by atomic mass is 10.2. The molecule has 0 spiro atoms. The second kappa shape index (κ2) is 6.97. The molecule has 1 aromatic heterocycles. The third-order valence-electron chi connectivity index (χ3n) is 3.13. The van der Waals surface area contributed by atoms with Crippen LogP contribution in [-0.2, 0) is 6.54 Å². The van der Waals surface area contributed by atoms with Crippen LogP contribution >= 0.6 is 11.3 Å². The number of hydrogen-bond acceptors (Lipinski definition) is 4. The molecule has 0 amide bonds. The normalized spacial score (nSPS) is 12.8. The zero-order valence-corrected chi connectivity index (χ0v) is 12.5. The third kappa shape index (κ3) is 3.68. The summed E-state index contributed by atoms with van der Waals surface area (Å²) < 4.78 is 0. The largest absolute Gasteiger partial charge is 0.346 e.